The van der Waals surface area contributed by atoms with Gasteiger partial charge in [-0.3, -0.25) is 4.98 Å². The number of rotatable bonds is 5. The zero-order valence-electron chi connectivity index (χ0n) is 17.1. The average Bonchev–Trinajstić information content (AvgIpc) is 3.43. The van der Waals surface area contributed by atoms with Crippen molar-refractivity contribution in [3.63, 3.8) is 0 Å². The number of hydrogen-bond donors (Lipinski definition) is 0. The van der Waals surface area contributed by atoms with Gasteiger partial charge in [-0.25, -0.2) is 9.97 Å². The highest BCUT2D eigenvalue weighted by atomic mass is 16.5. The molecule has 6 rings (SSSR count). The smallest absolute Gasteiger partial charge is 0.224 e. The van der Waals surface area contributed by atoms with Gasteiger partial charge in [-0.15, -0.1) is 0 Å². The van der Waals surface area contributed by atoms with Gasteiger partial charge in [-0.2, -0.15) is 4.98 Å². The first-order valence-corrected chi connectivity index (χ1v) is 10.5. The molecule has 0 unspecified atom stereocenters. The van der Waals surface area contributed by atoms with Crippen molar-refractivity contribution in [2.45, 2.75) is 19.3 Å². The molecule has 0 bridgehead atoms. The zero-order chi connectivity index (χ0) is 20.8. The Morgan fingerprint density at radius 1 is 1.03 bits per heavy atom. The van der Waals surface area contributed by atoms with Gasteiger partial charge >= 0.3 is 0 Å². The lowest BCUT2D eigenvalue weighted by atomic mass is 10.1. The van der Waals surface area contributed by atoms with Crippen molar-refractivity contribution in [1.82, 2.24) is 24.3 Å². The number of pyridine rings is 2. The van der Waals surface area contributed by atoms with E-state index in [-0.39, 0.29) is 0 Å². The summed E-state index contributed by atoms with van der Waals surface area (Å²) in [7, 11) is 0. The van der Waals surface area contributed by atoms with Gasteiger partial charge in [-0.05, 0) is 37.6 Å². The van der Waals surface area contributed by atoms with E-state index >= 15 is 0 Å². The van der Waals surface area contributed by atoms with Crippen LogP contribution in [0.5, 0.6) is 5.88 Å². The van der Waals surface area contributed by atoms with Gasteiger partial charge < -0.3 is 9.14 Å². The summed E-state index contributed by atoms with van der Waals surface area (Å²) >= 11 is 0. The molecule has 1 aliphatic carbocycles. The Morgan fingerprint density at radius 3 is 2.94 bits per heavy atom. The number of aromatic nitrogens is 5. The predicted octanol–water partition coefficient (Wildman–Crippen LogP) is 4.83. The number of benzene rings is 1. The van der Waals surface area contributed by atoms with E-state index in [9.17, 15) is 0 Å². The third-order valence-electron chi connectivity index (χ3n) is 5.93. The third kappa shape index (κ3) is 3.40. The van der Waals surface area contributed by atoms with Crippen LogP contribution in [0.15, 0.2) is 73.3 Å². The lowest BCUT2D eigenvalue weighted by Crippen LogP contribution is -2.06. The predicted molar refractivity (Wildman–Crippen MR) is 119 cm³/mol. The van der Waals surface area contributed by atoms with Crippen LogP contribution in [0, 0.1) is 12.8 Å². The topological polar surface area (TPSA) is 65.2 Å². The maximum absolute atomic E-state index is 6.23. The van der Waals surface area contributed by atoms with Crippen LogP contribution in [0.4, 0.5) is 0 Å². The minimum absolute atomic E-state index is 0.443. The molecule has 6 heteroatoms. The first-order valence-electron chi connectivity index (χ1n) is 10.5. The zero-order valence-corrected chi connectivity index (χ0v) is 17.1. The number of para-hydroxylation sites is 1. The molecule has 2 atom stereocenters. The monoisotopic (exact) mass is 407 g/mol. The molecule has 4 heterocycles. The standard InChI is InChI=1S/C25H21N5O/c1-16-27-13-21(18-7-9-24-26-10-11-30(24)14-18)25(28-16)31-15-19-12-20(19)23-8-6-17-4-2-3-5-22(17)29-23/h2-11,13-14,19-20H,12,15H2,1H3/t19-,20+/m1/s1. The molecule has 5 aromatic rings. The molecule has 1 aromatic carbocycles. The highest BCUT2D eigenvalue weighted by Gasteiger charge is 2.40. The van der Waals surface area contributed by atoms with E-state index in [1.165, 1.54) is 5.39 Å². The van der Waals surface area contributed by atoms with E-state index in [2.05, 4.69) is 39.2 Å². The van der Waals surface area contributed by atoms with E-state index in [1.54, 1.807) is 6.20 Å². The molecule has 4 aromatic heterocycles. The third-order valence-corrected chi connectivity index (χ3v) is 5.93. The number of fused-ring (bicyclic) bond motifs is 2. The fourth-order valence-electron chi connectivity index (χ4n) is 4.10. The first-order chi connectivity index (χ1) is 15.2. The Balaban J connectivity index is 1.22. The van der Waals surface area contributed by atoms with Crippen molar-refractivity contribution in [3.05, 3.63) is 84.8 Å². The van der Waals surface area contributed by atoms with Crippen LogP contribution in [0.1, 0.15) is 23.9 Å². The fraction of sp³-hybridized carbons (Fsp3) is 0.200. The largest absolute Gasteiger partial charge is 0.477 e. The van der Waals surface area contributed by atoms with Crippen LogP contribution in [-0.2, 0) is 0 Å². The Morgan fingerprint density at radius 2 is 1.97 bits per heavy atom. The van der Waals surface area contributed by atoms with E-state index < -0.39 is 0 Å². The van der Waals surface area contributed by atoms with Gasteiger partial charge in [0.25, 0.3) is 0 Å². The van der Waals surface area contributed by atoms with E-state index in [4.69, 9.17) is 9.72 Å². The van der Waals surface area contributed by atoms with Gasteiger partial charge in [-0.1, -0.05) is 24.3 Å². The molecule has 0 spiro atoms. The molecular weight excluding hydrogens is 386 g/mol. The molecule has 0 N–H and O–H groups in total. The molecular formula is C25H21N5O. The SMILES string of the molecule is Cc1ncc(-c2ccc3nccn3c2)c(OC[C@H]2C[C@@H]2c2ccc3ccccc3n2)n1. The molecule has 0 aliphatic heterocycles. The van der Waals surface area contributed by atoms with Crippen molar-refractivity contribution < 1.29 is 4.74 Å². The Kier molecular flexibility index (Phi) is 4.16. The minimum atomic E-state index is 0.443. The van der Waals surface area contributed by atoms with E-state index in [0.29, 0.717) is 30.1 Å². The second-order valence-corrected chi connectivity index (χ2v) is 8.09. The van der Waals surface area contributed by atoms with Crippen molar-refractivity contribution in [3.8, 4) is 17.0 Å². The summed E-state index contributed by atoms with van der Waals surface area (Å²) in [6.45, 7) is 2.50. The number of imidazole rings is 1. The Hall–Kier alpha value is -3.80. The van der Waals surface area contributed by atoms with Crippen molar-refractivity contribution in [2.75, 3.05) is 6.61 Å². The lowest BCUT2D eigenvalue weighted by molar-refractivity contribution is 0.285. The van der Waals surface area contributed by atoms with Crippen LogP contribution in [0.2, 0.25) is 0 Å². The molecule has 0 saturated heterocycles. The summed E-state index contributed by atoms with van der Waals surface area (Å²) in [5, 5.41) is 1.18. The molecule has 0 radical (unpaired) electrons. The fourth-order valence-corrected chi connectivity index (χ4v) is 4.10. The maximum atomic E-state index is 6.23. The maximum Gasteiger partial charge on any atom is 0.224 e. The second kappa shape index (κ2) is 7.16. The van der Waals surface area contributed by atoms with Crippen LogP contribution < -0.4 is 4.74 Å². The number of aryl methyl sites for hydroxylation is 1. The second-order valence-electron chi connectivity index (χ2n) is 8.09. The van der Waals surface area contributed by atoms with E-state index in [0.717, 1.165) is 34.4 Å². The summed E-state index contributed by atoms with van der Waals surface area (Å²) in [4.78, 5) is 18.1. The molecule has 1 fully saturated rings. The van der Waals surface area contributed by atoms with Gasteiger partial charge in [0, 0.05) is 53.3 Å². The Labute approximate surface area is 179 Å². The van der Waals surface area contributed by atoms with Gasteiger partial charge in [0.2, 0.25) is 5.88 Å². The molecule has 1 aliphatic rings. The molecule has 1 saturated carbocycles. The number of ether oxygens (including phenoxy) is 1. The number of hydrogen-bond acceptors (Lipinski definition) is 5. The number of nitrogens with zero attached hydrogens (tertiary/aromatic N) is 5. The summed E-state index contributed by atoms with van der Waals surface area (Å²) < 4.78 is 8.21. The highest BCUT2D eigenvalue weighted by molar-refractivity contribution is 5.78. The molecule has 0 amide bonds. The van der Waals surface area contributed by atoms with Crippen LogP contribution >= 0.6 is 0 Å². The van der Waals surface area contributed by atoms with Gasteiger partial charge in [0.15, 0.2) is 0 Å². The quantitative estimate of drug-likeness (QED) is 0.417. The van der Waals surface area contributed by atoms with Crippen molar-refractivity contribution in [1.29, 1.82) is 0 Å². The van der Waals surface area contributed by atoms with Crippen molar-refractivity contribution in [2.24, 2.45) is 5.92 Å². The first kappa shape index (κ1) is 18.0. The van der Waals surface area contributed by atoms with Crippen LogP contribution in [0.25, 0.3) is 27.7 Å². The highest BCUT2D eigenvalue weighted by Crippen LogP contribution is 2.47. The summed E-state index contributed by atoms with van der Waals surface area (Å²) in [5.74, 6) is 2.22. The van der Waals surface area contributed by atoms with Crippen LogP contribution in [-0.4, -0.2) is 30.9 Å². The molecule has 6 nitrogen and oxygen atoms in total. The average molecular weight is 407 g/mol. The summed E-state index contributed by atoms with van der Waals surface area (Å²) in [6, 6.07) is 16.6. The summed E-state index contributed by atoms with van der Waals surface area (Å²) in [5.41, 5.74) is 5.00. The van der Waals surface area contributed by atoms with Gasteiger partial charge in [0.05, 0.1) is 17.7 Å². The lowest BCUT2D eigenvalue weighted by Gasteiger charge is -2.11. The normalized spacial score (nSPS) is 17.8. The molecule has 31 heavy (non-hydrogen) atoms. The molecule has 152 valence electrons. The van der Waals surface area contributed by atoms with E-state index in [1.807, 2.05) is 54.2 Å². The summed E-state index contributed by atoms with van der Waals surface area (Å²) in [6.07, 6.45) is 8.68. The van der Waals surface area contributed by atoms with Gasteiger partial charge in [0.1, 0.15) is 11.5 Å². The van der Waals surface area contributed by atoms with Crippen LogP contribution in [0.3, 0.4) is 0 Å². The minimum Gasteiger partial charge on any atom is -0.477 e. The van der Waals surface area contributed by atoms with Crippen molar-refractivity contribution >= 4 is 16.6 Å². The Bertz CT molecular complexity index is 1410.